The van der Waals surface area contributed by atoms with E-state index in [1.54, 1.807) is 29.2 Å². The number of benzene rings is 1. The molecule has 0 aromatic heterocycles. The second-order valence-electron chi connectivity index (χ2n) is 4.52. The molecular weight excluding hydrogens is 276 g/mol. The molecular formula is C13H16N4O2S. The Bertz CT molecular complexity index is 547. The van der Waals surface area contributed by atoms with Crippen LogP contribution in [0.2, 0.25) is 0 Å². The number of amides is 2. The van der Waals surface area contributed by atoms with Gasteiger partial charge in [-0.05, 0) is 12.1 Å². The van der Waals surface area contributed by atoms with E-state index >= 15 is 0 Å². The summed E-state index contributed by atoms with van der Waals surface area (Å²) in [4.78, 5) is 25.3. The number of hydrogen-bond acceptors (Lipinski definition) is 4. The number of carbonyl (C=O) groups is 2. The number of nitrogens with one attached hydrogen (secondary N) is 2. The van der Waals surface area contributed by atoms with Gasteiger partial charge in [-0.25, -0.2) is 0 Å². The number of anilines is 1. The summed E-state index contributed by atoms with van der Waals surface area (Å²) in [5.41, 5.74) is 6.83. The van der Waals surface area contributed by atoms with Gasteiger partial charge in [0, 0.05) is 18.7 Å². The first kappa shape index (κ1) is 14.4. The van der Waals surface area contributed by atoms with E-state index in [1.807, 2.05) is 0 Å². The first-order valence-electron chi connectivity index (χ1n) is 6.24. The van der Waals surface area contributed by atoms with Gasteiger partial charge in [-0.1, -0.05) is 24.4 Å². The average molecular weight is 292 g/mol. The van der Waals surface area contributed by atoms with Gasteiger partial charge in [-0.3, -0.25) is 14.5 Å². The fourth-order valence-electron chi connectivity index (χ4n) is 2.03. The van der Waals surface area contributed by atoms with Crippen LogP contribution in [0.5, 0.6) is 0 Å². The van der Waals surface area contributed by atoms with Crippen LogP contribution in [0.15, 0.2) is 24.3 Å². The summed E-state index contributed by atoms with van der Waals surface area (Å²) in [5.74, 6) is -0.254. The van der Waals surface area contributed by atoms with Crippen molar-refractivity contribution in [3.8, 4) is 0 Å². The Morgan fingerprint density at radius 3 is 2.90 bits per heavy atom. The fourth-order valence-corrected chi connectivity index (χ4v) is 2.20. The first-order chi connectivity index (χ1) is 9.56. The van der Waals surface area contributed by atoms with E-state index in [4.69, 9.17) is 18.0 Å². The molecule has 0 radical (unpaired) electrons. The summed E-state index contributed by atoms with van der Waals surface area (Å²) in [6.45, 7) is 1.63. The maximum absolute atomic E-state index is 12.0. The van der Waals surface area contributed by atoms with Crippen LogP contribution in [0.25, 0.3) is 0 Å². The summed E-state index contributed by atoms with van der Waals surface area (Å²) in [7, 11) is 0. The zero-order valence-corrected chi connectivity index (χ0v) is 11.7. The minimum atomic E-state index is -0.191. The van der Waals surface area contributed by atoms with Gasteiger partial charge in [0.1, 0.15) is 4.99 Å². The molecule has 1 heterocycles. The molecule has 0 bridgehead atoms. The number of piperazine rings is 1. The van der Waals surface area contributed by atoms with Crippen LogP contribution in [0, 0.1) is 0 Å². The van der Waals surface area contributed by atoms with Gasteiger partial charge in [-0.2, -0.15) is 0 Å². The van der Waals surface area contributed by atoms with Gasteiger partial charge in [0.05, 0.1) is 18.8 Å². The average Bonchev–Trinajstić information content (AvgIpc) is 2.38. The second kappa shape index (κ2) is 6.44. The van der Waals surface area contributed by atoms with Crippen molar-refractivity contribution in [2.75, 3.05) is 31.5 Å². The zero-order valence-electron chi connectivity index (χ0n) is 10.9. The van der Waals surface area contributed by atoms with Crippen molar-refractivity contribution in [2.45, 2.75) is 0 Å². The van der Waals surface area contributed by atoms with Gasteiger partial charge in [0.25, 0.3) is 0 Å². The second-order valence-corrected chi connectivity index (χ2v) is 4.96. The van der Waals surface area contributed by atoms with Crippen molar-refractivity contribution in [1.29, 1.82) is 0 Å². The maximum Gasteiger partial charge on any atom is 0.238 e. The van der Waals surface area contributed by atoms with Crippen LogP contribution in [0.3, 0.4) is 0 Å². The van der Waals surface area contributed by atoms with Gasteiger partial charge in [0.15, 0.2) is 0 Å². The summed E-state index contributed by atoms with van der Waals surface area (Å²) in [5, 5.41) is 5.49. The summed E-state index contributed by atoms with van der Waals surface area (Å²) < 4.78 is 0. The fraction of sp³-hybridized carbons (Fsp3) is 0.308. The number of hydrogen-bond donors (Lipinski definition) is 3. The molecule has 106 valence electrons. The van der Waals surface area contributed by atoms with E-state index in [9.17, 15) is 9.59 Å². The van der Waals surface area contributed by atoms with Crippen molar-refractivity contribution in [3.63, 3.8) is 0 Å². The Balaban J connectivity index is 1.98. The monoisotopic (exact) mass is 292 g/mol. The Hall–Kier alpha value is -1.99. The van der Waals surface area contributed by atoms with Gasteiger partial charge < -0.3 is 16.4 Å². The topological polar surface area (TPSA) is 87.5 Å². The smallest absolute Gasteiger partial charge is 0.238 e. The predicted octanol–water partition coefficient (Wildman–Crippen LogP) is -0.309. The van der Waals surface area contributed by atoms with Crippen molar-refractivity contribution in [2.24, 2.45) is 5.73 Å². The summed E-state index contributed by atoms with van der Waals surface area (Å²) >= 11 is 4.94. The number of carbonyl (C=O) groups excluding carboxylic acids is 2. The molecule has 1 fully saturated rings. The highest BCUT2D eigenvalue weighted by Crippen LogP contribution is 2.14. The number of nitrogens with zero attached hydrogens (tertiary/aromatic N) is 1. The van der Waals surface area contributed by atoms with Gasteiger partial charge in [-0.15, -0.1) is 0 Å². The minimum Gasteiger partial charge on any atom is -0.389 e. The number of thiocarbonyl (C=S) groups is 1. The zero-order chi connectivity index (χ0) is 14.5. The Labute approximate surface area is 122 Å². The third-order valence-corrected chi connectivity index (χ3v) is 3.17. The highest BCUT2D eigenvalue weighted by atomic mass is 32.1. The molecule has 0 unspecified atom stereocenters. The minimum absolute atomic E-state index is 0.0624. The van der Waals surface area contributed by atoms with E-state index in [0.717, 1.165) is 0 Å². The molecule has 2 amide bonds. The molecule has 4 N–H and O–H groups in total. The lowest BCUT2D eigenvalue weighted by molar-refractivity contribution is -0.125. The van der Waals surface area contributed by atoms with Crippen LogP contribution >= 0.6 is 12.2 Å². The van der Waals surface area contributed by atoms with E-state index in [2.05, 4.69) is 10.6 Å². The maximum atomic E-state index is 12.0. The molecule has 7 heteroatoms. The van der Waals surface area contributed by atoms with Crippen molar-refractivity contribution in [1.82, 2.24) is 10.2 Å². The standard InChI is InChI=1S/C13H16N4O2S/c14-13(20)9-3-1-2-4-10(9)16-12(19)8-17-6-5-15-11(18)7-17/h1-4H,5-8H2,(H2,14,20)(H,15,18)(H,16,19). The molecule has 0 spiro atoms. The molecule has 1 aliphatic rings. The molecule has 2 rings (SSSR count). The van der Waals surface area contributed by atoms with Crippen molar-refractivity contribution >= 4 is 34.7 Å². The highest BCUT2D eigenvalue weighted by Gasteiger charge is 2.19. The van der Waals surface area contributed by atoms with Gasteiger partial charge in [0.2, 0.25) is 11.8 Å². The number of rotatable bonds is 4. The predicted molar refractivity (Wildman–Crippen MR) is 80.4 cm³/mol. The molecule has 0 aliphatic carbocycles. The van der Waals surface area contributed by atoms with Crippen LogP contribution < -0.4 is 16.4 Å². The molecule has 0 atom stereocenters. The molecule has 1 aliphatic heterocycles. The lowest BCUT2D eigenvalue weighted by Gasteiger charge is -2.25. The Morgan fingerprint density at radius 2 is 2.20 bits per heavy atom. The largest absolute Gasteiger partial charge is 0.389 e. The van der Waals surface area contributed by atoms with Crippen molar-refractivity contribution < 1.29 is 9.59 Å². The summed E-state index contributed by atoms with van der Waals surface area (Å²) in [6, 6.07) is 7.10. The molecule has 1 aromatic carbocycles. The molecule has 20 heavy (non-hydrogen) atoms. The lowest BCUT2D eigenvalue weighted by atomic mass is 10.2. The van der Waals surface area contributed by atoms with E-state index in [1.165, 1.54) is 0 Å². The third kappa shape index (κ3) is 3.75. The normalized spacial score (nSPS) is 15.5. The van der Waals surface area contributed by atoms with Crippen molar-refractivity contribution in [3.05, 3.63) is 29.8 Å². The van der Waals surface area contributed by atoms with E-state index < -0.39 is 0 Å². The van der Waals surface area contributed by atoms with E-state index in [-0.39, 0.29) is 29.9 Å². The molecule has 0 saturated carbocycles. The van der Waals surface area contributed by atoms with Crippen LogP contribution in [0.4, 0.5) is 5.69 Å². The molecule has 1 saturated heterocycles. The van der Waals surface area contributed by atoms with E-state index in [0.29, 0.717) is 24.3 Å². The molecule has 1 aromatic rings. The molecule has 6 nitrogen and oxygen atoms in total. The lowest BCUT2D eigenvalue weighted by Crippen LogP contribution is -2.49. The quantitative estimate of drug-likeness (QED) is 0.663. The number of nitrogens with two attached hydrogens (primary N) is 1. The SMILES string of the molecule is NC(=S)c1ccccc1NC(=O)CN1CCNC(=O)C1. The van der Waals surface area contributed by atoms with Crippen LogP contribution in [-0.4, -0.2) is 47.9 Å². The first-order valence-corrected chi connectivity index (χ1v) is 6.65. The van der Waals surface area contributed by atoms with Gasteiger partial charge >= 0.3 is 0 Å². The van der Waals surface area contributed by atoms with Crippen LogP contribution in [0.1, 0.15) is 5.56 Å². The highest BCUT2D eigenvalue weighted by molar-refractivity contribution is 7.80. The Kier molecular flexibility index (Phi) is 4.65. The third-order valence-electron chi connectivity index (χ3n) is 2.95. The summed E-state index contributed by atoms with van der Waals surface area (Å²) in [6.07, 6.45) is 0. The Morgan fingerprint density at radius 1 is 1.45 bits per heavy atom. The number of para-hydroxylation sites is 1. The van der Waals surface area contributed by atoms with Crippen LogP contribution in [-0.2, 0) is 9.59 Å².